The Bertz CT molecular complexity index is 1010. The zero-order valence-electron chi connectivity index (χ0n) is 14.5. The number of alkyl halides is 3. The maximum Gasteiger partial charge on any atom is 0.417 e. The van der Waals surface area contributed by atoms with Gasteiger partial charge in [0.1, 0.15) is 5.03 Å². The van der Waals surface area contributed by atoms with Crippen LogP contribution < -0.4 is 5.32 Å². The minimum atomic E-state index is -4.60. The first-order valence-corrected chi connectivity index (χ1v) is 10.3. The number of benzene rings is 2. The molecule has 0 saturated carbocycles. The standard InChI is InChI=1S/C19H12BrClF3N3OS/c20-12-3-1-11(2-4-12)16-7-8-18(27-26-16)29-10-17(28)25-13-5-6-15(21)14(9-13)19(22,23)24/h1-9H,10H2,(H,25,28). The third-order valence-corrected chi connectivity index (χ3v) is 5.47. The van der Waals surface area contributed by atoms with Gasteiger partial charge in [0.05, 0.1) is 22.0 Å². The second-order valence-corrected chi connectivity index (χ2v) is 8.11. The van der Waals surface area contributed by atoms with Crippen molar-refractivity contribution in [2.75, 3.05) is 11.1 Å². The topological polar surface area (TPSA) is 54.9 Å². The number of hydrogen-bond acceptors (Lipinski definition) is 4. The maximum atomic E-state index is 12.9. The smallest absolute Gasteiger partial charge is 0.325 e. The van der Waals surface area contributed by atoms with Crippen molar-refractivity contribution >= 4 is 50.9 Å². The Morgan fingerprint density at radius 1 is 1.07 bits per heavy atom. The van der Waals surface area contributed by atoms with Crippen molar-refractivity contribution in [2.24, 2.45) is 0 Å². The first-order valence-electron chi connectivity index (χ1n) is 8.11. The van der Waals surface area contributed by atoms with Crippen molar-refractivity contribution in [1.82, 2.24) is 10.2 Å². The number of nitrogens with one attached hydrogen (secondary N) is 1. The molecule has 3 aromatic rings. The number of carbonyl (C=O) groups excluding carboxylic acids is 1. The fourth-order valence-corrected chi connectivity index (χ4v) is 3.43. The summed E-state index contributed by atoms with van der Waals surface area (Å²) in [6, 6.07) is 14.3. The van der Waals surface area contributed by atoms with Crippen LogP contribution in [0.15, 0.2) is 64.1 Å². The zero-order chi connectivity index (χ0) is 21.0. The van der Waals surface area contributed by atoms with E-state index in [9.17, 15) is 18.0 Å². The van der Waals surface area contributed by atoms with Crippen LogP contribution in [0.5, 0.6) is 0 Å². The molecular weight excluding hydrogens is 491 g/mol. The van der Waals surface area contributed by atoms with Gasteiger partial charge >= 0.3 is 6.18 Å². The second kappa shape index (κ2) is 9.15. The van der Waals surface area contributed by atoms with Crippen LogP contribution in [0.25, 0.3) is 11.3 Å². The molecule has 0 aliphatic heterocycles. The summed E-state index contributed by atoms with van der Waals surface area (Å²) in [5, 5.41) is 10.7. The summed E-state index contributed by atoms with van der Waals surface area (Å²) in [6.45, 7) is 0. The van der Waals surface area contributed by atoms with Gasteiger partial charge in [-0.2, -0.15) is 13.2 Å². The monoisotopic (exact) mass is 501 g/mol. The van der Waals surface area contributed by atoms with E-state index in [1.165, 1.54) is 6.07 Å². The number of aromatic nitrogens is 2. The number of nitrogens with zero attached hydrogens (tertiary/aromatic N) is 2. The Morgan fingerprint density at radius 2 is 1.79 bits per heavy atom. The van der Waals surface area contributed by atoms with Crippen LogP contribution in [0.2, 0.25) is 5.02 Å². The molecule has 0 radical (unpaired) electrons. The minimum Gasteiger partial charge on any atom is -0.325 e. The molecule has 2 aromatic carbocycles. The van der Waals surface area contributed by atoms with Gasteiger partial charge in [-0.3, -0.25) is 4.79 Å². The van der Waals surface area contributed by atoms with E-state index in [0.717, 1.165) is 33.9 Å². The van der Waals surface area contributed by atoms with E-state index in [1.807, 2.05) is 24.3 Å². The van der Waals surface area contributed by atoms with E-state index in [4.69, 9.17) is 11.6 Å². The fraction of sp³-hybridized carbons (Fsp3) is 0.105. The van der Waals surface area contributed by atoms with E-state index < -0.39 is 22.7 Å². The summed E-state index contributed by atoms with van der Waals surface area (Å²) in [6.07, 6.45) is -4.60. The molecule has 29 heavy (non-hydrogen) atoms. The molecule has 150 valence electrons. The maximum absolute atomic E-state index is 12.9. The lowest BCUT2D eigenvalue weighted by Crippen LogP contribution is -2.15. The van der Waals surface area contributed by atoms with E-state index in [2.05, 4.69) is 31.4 Å². The van der Waals surface area contributed by atoms with Crippen molar-refractivity contribution in [1.29, 1.82) is 0 Å². The highest BCUT2D eigenvalue weighted by Crippen LogP contribution is 2.36. The van der Waals surface area contributed by atoms with E-state index in [0.29, 0.717) is 10.7 Å². The molecule has 0 aliphatic carbocycles. The van der Waals surface area contributed by atoms with E-state index >= 15 is 0 Å². The molecule has 4 nitrogen and oxygen atoms in total. The lowest BCUT2D eigenvalue weighted by molar-refractivity contribution is -0.137. The third-order valence-electron chi connectivity index (χ3n) is 3.69. The second-order valence-electron chi connectivity index (χ2n) is 5.79. The van der Waals surface area contributed by atoms with Gasteiger partial charge in [-0.15, -0.1) is 10.2 Å². The average molecular weight is 503 g/mol. The summed E-state index contributed by atoms with van der Waals surface area (Å²) in [4.78, 5) is 12.1. The fourth-order valence-electron chi connectivity index (χ4n) is 2.33. The molecule has 0 atom stereocenters. The molecule has 0 unspecified atom stereocenters. The van der Waals surface area contributed by atoms with Gasteiger partial charge in [0.25, 0.3) is 0 Å². The number of hydrogen-bond donors (Lipinski definition) is 1. The Kier molecular flexibility index (Phi) is 6.81. The van der Waals surface area contributed by atoms with Crippen LogP contribution in [0.4, 0.5) is 18.9 Å². The molecule has 1 amide bonds. The van der Waals surface area contributed by atoms with Gasteiger partial charge in [-0.1, -0.05) is 51.4 Å². The highest BCUT2D eigenvalue weighted by molar-refractivity contribution is 9.10. The normalized spacial score (nSPS) is 11.3. The molecule has 1 N–H and O–H groups in total. The van der Waals surface area contributed by atoms with Crippen LogP contribution in [0, 0.1) is 0 Å². The number of amides is 1. The molecule has 1 aromatic heterocycles. The lowest BCUT2D eigenvalue weighted by atomic mass is 10.1. The highest BCUT2D eigenvalue weighted by atomic mass is 79.9. The number of thioether (sulfide) groups is 1. The Hall–Kier alpha value is -2.10. The van der Waals surface area contributed by atoms with Gasteiger partial charge in [0, 0.05) is 15.7 Å². The number of carbonyl (C=O) groups is 1. The Morgan fingerprint density at radius 3 is 2.41 bits per heavy atom. The molecule has 0 fully saturated rings. The number of halogens is 5. The minimum absolute atomic E-state index is 0.0176. The van der Waals surface area contributed by atoms with Crippen molar-refractivity contribution in [3.63, 3.8) is 0 Å². The number of rotatable bonds is 5. The molecule has 0 saturated heterocycles. The highest BCUT2D eigenvalue weighted by Gasteiger charge is 2.33. The van der Waals surface area contributed by atoms with Crippen LogP contribution >= 0.6 is 39.3 Å². The van der Waals surface area contributed by atoms with Gasteiger partial charge in [0.15, 0.2) is 0 Å². The van der Waals surface area contributed by atoms with Crippen LogP contribution in [0.3, 0.4) is 0 Å². The first-order chi connectivity index (χ1) is 13.7. The van der Waals surface area contributed by atoms with Crippen LogP contribution in [-0.2, 0) is 11.0 Å². The van der Waals surface area contributed by atoms with E-state index in [1.54, 1.807) is 12.1 Å². The predicted molar refractivity (Wildman–Crippen MR) is 111 cm³/mol. The summed E-state index contributed by atoms with van der Waals surface area (Å²) in [7, 11) is 0. The van der Waals surface area contributed by atoms with Crippen LogP contribution in [0.1, 0.15) is 5.56 Å². The quantitative estimate of drug-likeness (QED) is 0.416. The van der Waals surface area contributed by atoms with Gasteiger partial charge in [-0.25, -0.2) is 0 Å². The molecule has 0 aliphatic rings. The molecular formula is C19H12BrClF3N3OS. The first kappa shape index (κ1) is 21.6. The Balaban J connectivity index is 1.59. The van der Waals surface area contributed by atoms with Gasteiger partial charge in [0.2, 0.25) is 5.91 Å². The van der Waals surface area contributed by atoms with Gasteiger partial charge in [-0.05, 0) is 42.5 Å². The third kappa shape index (κ3) is 5.94. The summed E-state index contributed by atoms with van der Waals surface area (Å²) in [5.74, 6) is -0.500. The van der Waals surface area contributed by atoms with Gasteiger partial charge < -0.3 is 5.32 Å². The molecule has 10 heteroatoms. The van der Waals surface area contributed by atoms with Crippen molar-refractivity contribution < 1.29 is 18.0 Å². The summed E-state index contributed by atoms with van der Waals surface area (Å²) < 4.78 is 39.6. The van der Waals surface area contributed by atoms with E-state index in [-0.39, 0.29) is 11.4 Å². The summed E-state index contributed by atoms with van der Waals surface area (Å²) >= 11 is 10.1. The molecule has 0 bridgehead atoms. The molecule has 0 spiro atoms. The largest absolute Gasteiger partial charge is 0.417 e. The van der Waals surface area contributed by atoms with Crippen LogP contribution in [-0.4, -0.2) is 21.9 Å². The van der Waals surface area contributed by atoms with Crippen molar-refractivity contribution in [2.45, 2.75) is 11.2 Å². The SMILES string of the molecule is O=C(CSc1ccc(-c2ccc(Br)cc2)nn1)Nc1ccc(Cl)c(C(F)(F)F)c1. The number of anilines is 1. The lowest BCUT2D eigenvalue weighted by Gasteiger charge is -2.11. The molecule has 3 rings (SSSR count). The summed E-state index contributed by atoms with van der Waals surface area (Å²) in [5.41, 5.74) is 0.605. The average Bonchev–Trinajstić information content (AvgIpc) is 2.68. The van der Waals surface area contributed by atoms with Crippen molar-refractivity contribution in [3.8, 4) is 11.3 Å². The predicted octanol–water partition coefficient (Wildman–Crippen LogP) is 6.31. The van der Waals surface area contributed by atoms with Crippen molar-refractivity contribution in [3.05, 3.63) is 69.7 Å². The molecule has 1 heterocycles. The zero-order valence-corrected chi connectivity index (χ0v) is 17.7. The Labute approximate surface area is 182 Å².